The fraction of sp³-hybridized carbons (Fsp3) is 0.636. The van der Waals surface area contributed by atoms with Crippen molar-refractivity contribution in [2.24, 2.45) is 0 Å². The van der Waals surface area contributed by atoms with Gasteiger partial charge in [-0.1, -0.05) is 27.7 Å². The molecule has 78 valence electrons. The molecule has 0 amide bonds. The van der Waals surface area contributed by atoms with Crippen LogP contribution in [0.4, 0.5) is 5.82 Å². The summed E-state index contributed by atoms with van der Waals surface area (Å²) in [5, 5.41) is 3.26. The Hall–Kier alpha value is -1.12. The highest BCUT2D eigenvalue weighted by Gasteiger charge is 2.16. The molecule has 3 nitrogen and oxygen atoms in total. The number of hydrogen-bond acceptors (Lipinski definition) is 3. The molecule has 0 radical (unpaired) electrons. The monoisotopic (exact) mass is 193 g/mol. The topological polar surface area (TPSA) is 37.8 Å². The van der Waals surface area contributed by atoms with Crippen LogP contribution in [0.2, 0.25) is 0 Å². The average molecular weight is 193 g/mol. The first-order valence-corrected chi connectivity index (χ1v) is 5.11. The lowest BCUT2D eigenvalue weighted by molar-refractivity contribution is 0.546. The van der Waals surface area contributed by atoms with E-state index in [0.717, 1.165) is 24.6 Å². The molecule has 0 aromatic carbocycles. The summed E-state index contributed by atoms with van der Waals surface area (Å²) < 4.78 is 0. The Morgan fingerprint density at radius 1 is 1.36 bits per heavy atom. The fourth-order valence-electron chi connectivity index (χ4n) is 1.07. The Morgan fingerprint density at radius 2 is 2.07 bits per heavy atom. The molecule has 0 fully saturated rings. The maximum Gasteiger partial charge on any atom is 0.135 e. The van der Waals surface area contributed by atoms with Gasteiger partial charge in [-0.2, -0.15) is 0 Å². The Bertz CT molecular complexity index is 289. The van der Waals surface area contributed by atoms with Crippen molar-refractivity contribution < 1.29 is 0 Å². The summed E-state index contributed by atoms with van der Waals surface area (Å²) in [6.07, 6.45) is 2.92. The van der Waals surface area contributed by atoms with Crippen LogP contribution >= 0.6 is 0 Å². The third-order valence-corrected chi connectivity index (χ3v) is 1.88. The van der Waals surface area contributed by atoms with Crippen LogP contribution in [0.3, 0.4) is 0 Å². The lowest BCUT2D eigenvalue weighted by atomic mass is 9.96. The lowest BCUT2D eigenvalue weighted by Crippen LogP contribution is -2.17. The van der Waals surface area contributed by atoms with Crippen LogP contribution in [0.5, 0.6) is 0 Å². The van der Waals surface area contributed by atoms with E-state index in [0.29, 0.717) is 0 Å². The molecule has 0 aliphatic heterocycles. The maximum atomic E-state index is 4.46. The van der Waals surface area contributed by atoms with Gasteiger partial charge in [-0.25, -0.2) is 9.97 Å². The first kappa shape index (κ1) is 11.0. The molecule has 0 unspecified atom stereocenters. The molecule has 0 aliphatic rings. The molecule has 1 rings (SSSR count). The molecule has 1 N–H and O–H groups in total. The summed E-state index contributed by atoms with van der Waals surface area (Å²) in [6, 6.07) is 1.91. The normalized spacial score (nSPS) is 11.4. The van der Waals surface area contributed by atoms with Crippen molar-refractivity contribution in [1.82, 2.24) is 9.97 Å². The Balaban J connectivity index is 2.79. The van der Waals surface area contributed by atoms with Gasteiger partial charge >= 0.3 is 0 Å². The summed E-state index contributed by atoms with van der Waals surface area (Å²) in [5.74, 6) is 1.81. The molecule has 0 spiro atoms. The Labute approximate surface area is 86.0 Å². The van der Waals surface area contributed by atoms with Crippen molar-refractivity contribution in [1.29, 1.82) is 0 Å². The van der Waals surface area contributed by atoms with Gasteiger partial charge in [0.2, 0.25) is 0 Å². The average Bonchev–Trinajstić information content (AvgIpc) is 2.14. The minimum Gasteiger partial charge on any atom is -0.370 e. The van der Waals surface area contributed by atoms with Crippen LogP contribution in [-0.2, 0) is 5.41 Å². The molecular weight excluding hydrogens is 174 g/mol. The fourth-order valence-corrected chi connectivity index (χ4v) is 1.07. The van der Waals surface area contributed by atoms with Crippen molar-refractivity contribution in [2.45, 2.75) is 39.5 Å². The van der Waals surface area contributed by atoms with E-state index in [9.17, 15) is 0 Å². The van der Waals surface area contributed by atoms with Gasteiger partial charge in [0.15, 0.2) is 0 Å². The zero-order chi connectivity index (χ0) is 10.6. The predicted octanol–water partition coefficient (Wildman–Crippen LogP) is 2.60. The second kappa shape index (κ2) is 4.40. The highest BCUT2D eigenvalue weighted by molar-refractivity contribution is 5.33. The minimum atomic E-state index is 0.0178. The molecule has 0 saturated carbocycles. The molecule has 0 atom stereocenters. The first-order chi connectivity index (χ1) is 6.54. The van der Waals surface area contributed by atoms with Crippen LogP contribution in [0.15, 0.2) is 12.3 Å². The van der Waals surface area contributed by atoms with Gasteiger partial charge in [0.1, 0.15) is 11.6 Å². The van der Waals surface area contributed by atoms with Crippen molar-refractivity contribution in [2.75, 3.05) is 11.9 Å². The Morgan fingerprint density at radius 3 is 2.64 bits per heavy atom. The third kappa shape index (κ3) is 2.98. The number of hydrogen-bond donors (Lipinski definition) is 1. The van der Waals surface area contributed by atoms with Gasteiger partial charge in [-0.3, -0.25) is 0 Å². The predicted molar refractivity (Wildman–Crippen MR) is 59.5 cm³/mol. The quantitative estimate of drug-likeness (QED) is 0.801. The number of aromatic nitrogens is 2. The number of nitrogens with zero attached hydrogens (tertiary/aromatic N) is 2. The molecule has 0 saturated heterocycles. The summed E-state index contributed by atoms with van der Waals surface area (Å²) >= 11 is 0. The molecule has 1 heterocycles. The van der Waals surface area contributed by atoms with E-state index in [2.05, 4.69) is 43.0 Å². The maximum absolute atomic E-state index is 4.46. The summed E-state index contributed by atoms with van der Waals surface area (Å²) in [6.45, 7) is 9.45. The highest BCUT2D eigenvalue weighted by atomic mass is 15.0. The molecule has 0 bridgehead atoms. The molecule has 14 heavy (non-hydrogen) atoms. The van der Waals surface area contributed by atoms with E-state index in [-0.39, 0.29) is 5.41 Å². The van der Waals surface area contributed by atoms with Gasteiger partial charge in [0.25, 0.3) is 0 Å². The first-order valence-electron chi connectivity index (χ1n) is 5.11. The minimum absolute atomic E-state index is 0.0178. The summed E-state index contributed by atoms with van der Waals surface area (Å²) in [5.41, 5.74) is 0.0178. The molecule has 1 aromatic heterocycles. The van der Waals surface area contributed by atoms with Gasteiger partial charge in [-0.05, 0) is 12.5 Å². The third-order valence-electron chi connectivity index (χ3n) is 1.88. The van der Waals surface area contributed by atoms with E-state index >= 15 is 0 Å². The van der Waals surface area contributed by atoms with E-state index in [4.69, 9.17) is 0 Å². The molecule has 0 aliphatic carbocycles. The smallest absolute Gasteiger partial charge is 0.135 e. The van der Waals surface area contributed by atoms with Crippen LogP contribution < -0.4 is 5.32 Å². The van der Waals surface area contributed by atoms with Crippen LogP contribution in [0.25, 0.3) is 0 Å². The SMILES string of the molecule is CCCNc1ccnc(C(C)(C)C)n1. The second-order valence-corrected chi connectivity index (χ2v) is 4.44. The molecular formula is C11H19N3. The van der Waals surface area contributed by atoms with Gasteiger partial charge in [0.05, 0.1) is 0 Å². The second-order valence-electron chi connectivity index (χ2n) is 4.44. The number of anilines is 1. The van der Waals surface area contributed by atoms with Crippen LogP contribution in [0, 0.1) is 0 Å². The van der Waals surface area contributed by atoms with E-state index in [1.165, 1.54) is 0 Å². The van der Waals surface area contributed by atoms with E-state index < -0.39 is 0 Å². The molecule has 3 heteroatoms. The zero-order valence-electron chi connectivity index (χ0n) is 9.46. The van der Waals surface area contributed by atoms with Crippen molar-refractivity contribution in [3.05, 3.63) is 18.1 Å². The Kier molecular flexibility index (Phi) is 3.44. The largest absolute Gasteiger partial charge is 0.370 e. The highest BCUT2D eigenvalue weighted by Crippen LogP contribution is 2.18. The summed E-state index contributed by atoms with van der Waals surface area (Å²) in [7, 11) is 0. The molecule has 1 aromatic rings. The van der Waals surface area contributed by atoms with E-state index in [1.54, 1.807) is 0 Å². The van der Waals surface area contributed by atoms with Crippen molar-refractivity contribution in [3.63, 3.8) is 0 Å². The number of rotatable bonds is 3. The van der Waals surface area contributed by atoms with Gasteiger partial charge < -0.3 is 5.32 Å². The van der Waals surface area contributed by atoms with Crippen LogP contribution in [-0.4, -0.2) is 16.5 Å². The number of nitrogens with one attached hydrogen (secondary N) is 1. The summed E-state index contributed by atoms with van der Waals surface area (Å²) in [4.78, 5) is 8.73. The standard InChI is InChI=1S/C11H19N3/c1-5-7-12-9-6-8-13-10(14-9)11(2,3)4/h6,8H,5,7H2,1-4H3,(H,12,13,14). The zero-order valence-corrected chi connectivity index (χ0v) is 9.46. The van der Waals surface area contributed by atoms with E-state index in [1.807, 2.05) is 12.3 Å². The van der Waals surface area contributed by atoms with Gasteiger partial charge in [0, 0.05) is 18.2 Å². The van der Waals surface area contributed by atoms with Crippen LogP contribution in [0.1, 0.15) is 39.9 Å². The van der Waals surface area contributed by atoms with Gasteiger partial charge in [-0.15, -0.1) is 0 Å². The van der Waals surface area contributed by atoms with Crippen molar-refractivity contribution >= 4 is 5.82 Å². The van der Waals surface area contributed by atoms with Crippen molar-refractivity contribution in [3.8, 4) is 0 Å². The lowest BCUT2D eigenvalue weighted by Gasteiger charge is -2.16.